The second-order valence-corrected chi connectivity index (χ2v) is 9.08. The lowest BCUT2D eigenvalue weighted by Gasteiger charge is -2.31. The van der Waals surface area contributed by atoms with Gasteiger partial charge in [0.05, 0.1) is 11.9 Å². The molecule has 0 aliphatic heterocycles. The summed E-state index contributed by atoms with van der Waals surface area (Å²) in [6.07, 6.45) is 0.991. The van der Waals surface area contributed by atoms with Gasteiger partial charge in [-0.1, -0.05) is 42.5 Å². The predicted molar refractivity (Wildman–Crippen MR) is 119 cm³/mol. The number of benzene rings is 2. The zero-order chi connectivity index (χ0) is 23.2. The van der Waals surface area contributed by atoms with Crippen LogP contribution in [0.15, 0.2) is 54.6 Å². The van der Waals surface area contributed by atoms with Crippen molar-refractivity contribution in [3.05, 3.63) is 65.7 Å². The molecule has 2 amide bonds. The number of nitrogens with zero attached hydrogens (tertiary/aromatic N) is 2. The van der Waals surface area contributed by atoms with Crippen molar-refractivity contribution >= 4 is 33.3 Å². The lowest BCUT2D eigenvalue weighted by molar-refractivity contribution is -0.139. The Bertz CT molecular complexity index is 1050. The van der Waals surface area contributed by atoms with Gasteiger partial charge in [0.2, 0.25) is 21.8 Å². The quantitative estimate of drug-likeness (QED) is 0.593. The Labute approximate surface area is 182 Å². The van der Waals surface area contributed by atoms with Gasteiger partial charge in [-0.15, -0.1) is 0 Å². The van der Waals surface area contributed by atoms with Crippen molar-refractivity contribution in [3.8, 4) is 0 Å². The fourth-order valence-electron chi connectivity index (χ4n) is 3.07. The first-order valence-corrected chi connectivity index (χ1v) is 11.5. The zero-order valence-corrected chi connectivity index (χ0v) is 18.8. The summed E-state index contributed by atoms with van der Waals surface area (Å²) in [7, 11) is -2.37. The van der Waals surface area contributed by atoms with E-state index in [9.17, 15) is 22.8 Å². The van der Waals surface area contributed by atoms with Crippen LogP contribution in [0, 0.1) is 0 Å². The van der Waals surface area contributed by atoms with Gasteiger partial charge in [0, 0.05) is 19.2 Å². The molecule has 2 rings (SSSR count). The van der Waals surface area contributed by atoms with Gasteiger partial charge in [-0.25, -0.2) is 8.42 Å². The first kappa shape index (κ1) is 24.1. The second-order valence-electron chi connectivity index (χ2n) is 7.17. The monoisotopic (exact) mass is 445 g/mol. The van der Waals surface area contributed by atoms with Gasteiger partial charge in [-0.05, 0) is 31.5 Å². The van der Waals surface area contributed by atoms with Crippen LogP contribution in [0.25, 0.3) is 0 Å². The maximum atomic E-state index is 13.2. The Hall–Kier alpha value is -3.20. The average Bonchev–Trinajstić information content (AvgIpc) is 2.74. The molecule has 1 N–H and O–H groups in total. The summed E-state index contributed by atoms with van der Waals surface area (Å²) in [6, 6.07) is 14.4. The van der Waals surface area contributed by atoms with E-state index in [2.05, 4.69) is 5.32 Å². The number of amides is 2. The number of likely N-dealkylation sites (N-methyl/N-ethyl adjacent to an activating group) is 1. The summed E-state index contributed by atoms with van der Waals surface area (Å²) in [4.78, 5) is 38.5. The number of hydrogen-bond donors (Lipinski definition) is 1. The summed E-state index contributed by atoms with van der Waals surface area (Å²) in [6.45, 7) is 2.59. The smallest absolute Gasteiger partial charge is 0.244 e. The molecule has 0 radical (unpaired) electrons. The molecule has 166 valence electrons. The minimum Gasteiger partial charge on any atom is -0.357 e. The number of hydrogen-bond acceptors (Lipinski definition) is 5. The first-order valence-electron chi connectivity index (χ1n) is 9.68. The number of Topliss-reactive ketones (excluding diaryl/α,β-unsaturated/α-hetero) is 1. The molecule has 0 spiro atoms. The number of nitrogens with one attached hydrogen (secondary N) is 1. The fraction of sp³-hybridized carbons (Fsp3) is 0.318. The third-order valence-electron chi connectivity index (χ3n) is 4.83. The van der Waals surface area contributed by atoms with Crippen molar-refractivity contribution < 1.29 is 22.8 Å². The SMILES string of the molecule is CNC(=O)C(C)N(Cc1ccccc1)C(=O)CN(c1cccc(C(C)=O)c1)S(C)(=O)=O. The van der Waals surface area contributed by atoms with Crippen LogP contribution in [0.2, 0.25) is 0 Å². The average molecular weight is 446 g/mol. The molecule has 0 saturated carbocycles. The van der Waals surface area contributed by atoms with Crippen molar-refractivity contribution in [2.75, 3.05) is 24.2 Å². The molecule has 1 unspecified atom stereocenters. The molecule has 0 aromatic heterocycles. The highest BCUT2D eigenvalue weighted by atomic mass is 32.2. The van der Waals surface area contributed by atoms with Crippen LogP contribution in [0.4, 0.5) is 5.69 Å². The summed E-state index contributed by atoms with van der Waals surface area (Å²) >= 11 is 0. The van der Waals surface area contributed by atoms with Crippen LogP contribution in [0.5, 0.6) is 0 Å². The Morgan fingerprint density at radius 3 is 2.23 bits per heavy atom. The highest BCUT2D eigenvalue weighted by molar-refractivity contribution is 7.92. The van der Waals surface area contributed by atoms with Gasteiger partial charge in [0.15, 0.2) is 5.78 Å². The molecule has 0 saturated heterocycles. The normalized spacial score (nSPS) is 12.0. The van der Waals surface area contributed by atoms with Crippen LogP contribution in [0.3, 0.4) is 0 Å². The molecule has 0 bridgehead atoms. The van der Waals surface area contributed by atoms with Gasteiger partial charge < -0.3 is 10.2 Å². The van der Waals surface area contributed by atoms with Crippen molar-refractivity contribution in [3.63, 3.8) is 0 Å². The van der Waals surface area contributed by atoms with Crippen molar-refractivity contribution in [2.45, 2.75) is 26.4 Å². The van der Waals surface area contributed by atoms with E-state index in [1.807, 2.05) is 30.3 Å². The number of carbonyl (C=O) groups excluding carboxylic acids is 3. The summed E-state index contributed by atoms with van der Waals surface area (Å²) in [5.41, 5.74) is 1.34. The molecule has 0 aliphatic carbocycles. The van der Waals surface area contributed by atoms with Crippen molar-refractivity contribution in [1.29, 1.82) is 0 Å². The summed E-state index contributed by atoms with van der Waals surface area (Å²) < 4.78 is 25.9. The zero-order valence-electron chi connectivity index (χ0n) is 18.0. The maximum Gasteiger partial charge on any atom is 0.244 e. The third kappa shape index (κ3) is 6.39. The number of ketones is 1. The number of rotatable bonds is 9. The summed E-state index contributed by atoms with van der Waals surface area (Å²) in [5.74, 6) is -1.13. The van der Waals surface area contributed by atoms with Gasteiger partial charge in [-0.2, -0.15) is 0 Å². The molecule has 31 heavy (non-hydrogen) atoms. The van der Waals surface area contributed by atoms with E-state index < -0.39 is 28.5 Å². The molecular formula is C22H27N3O5S. The summed E-state index contributed by atoms with van der Waals surface area (Å²) in [5, 5.41) is 2.52. The molecule has 2 aromatic rings. The Morgan fingerprint density at radius 2 is 1.68 bits per heavy atom. The third-order valence-corrected chi connectivity index (χ3v) is 5.97. The Balaban J connectivity index is 2.40. The predicted octanol–water partition coefficient (Wildman–Crippen LogP) is 1.82. The van der Waals surface area contributed by atoms with Gasteiger partial charge in [0.25, 0.3) is 0 Å². The lowest BCUT2D eigenvalue weighted by atomic mass is 10.1. The van der Waals surface area contributed by atoms with E-state index in [4.69, 9.17) is 0 Å². The van der Waals surface area contributed by atoms with E-state index >= 15 is 0 Å². The van der Waals surface area contributed by atoms with Crippen LogP contribution in [-0.2, 0) is 26.2 Å². The minimum atomic E-state index is -3.84. The lowest BCUT2D eigenvalue weighted by Crippen LogP contribution is -2.50. The Kier molecular flexibility index (Phi) is 7.93. The van der Waals surface area contributed by atoms with E-state index in [1.165, 1.54) is 31.0 Å². The van der Waals surface area contributed by atoms with Gasteiger partial charge in [-0.3, -0.25) is 18.7 Å². The van der Waals surface area contributed by atoms with E-state index in [-0.39, 0.29) is 23.9 Å². The highest BCUT2D eigenvalue weighted by Crippen LogP contribution is 2.21. The number of carbonyl (C=O) groups is 3. The van der Waals surface area contributed by atoms with Crippen LogP contribution in [0.1, 0.15) is 29.8 Å². The molecule has 8 nitrogen and oxygen atoms in total. The van der Waals surface area contributed by atoms with Gasteiger partial charge in [0.1, 0.15) is 12.6 Å². The number of sulfonamides is 1. The van der Waals surface area contributed by atoms with E-state index in [0.717, 1.165) is 16.1 Å². The van der Waals surface area contributed by atoms with Crippen LogP contribution >= 0.6 is 0 Å². The number of anilines is 1. The highest BCUT2D eigenvalue weighted by Gasteiger charge is 2.29. The minimum absolute atomic E-state index is 0.138. The molecule has 0 heterocycles. The second kappa shape index (κ2) is 10.2. The standard InChI is InChI=1S/C22H27N3O5S/c1-16(22(28)23-3)24(14-18-9-6-5-7-10-18)21(27)15-25(31(4,29)30)20-12-8-11-19(13-20)17(2)26/h5-13,16H,14-15H2,1-4H3,(H,23,28). The first-order chi connectivity index (χ1) is 14.5. The van der Waals surface area contributed by atoms with Crippen molar-refractivity contribution in [1.82, 2.24) is 10.2 Å². The largest absolute Gasteiger partial charge is 0.357 e. The van der Waals surface area contributed by atoms with E-state index in [1.54, 1.807) is 19.1 Å². The molecule has 1 atom stereocenters. The Morgan fingerprint density at radius 1 is 1.03 bits per heavy atom. The topological polar surface area (TPSA) is 104 Å². The van der Waals surface area contributed by atoms with E-state index in [0.29, 0.717) is 5.56 Å². The maximum absolute atomic E-state index is 13.2. The van der Waals surface area contributed by atoms with Crippen LogP contribution < -0.4 is 9.62 Å². The molecule has 2 aromatic carbocycles. The van der Waals surface area contributed by atoms with Crippen molar-refractivity contribution in [2.24, 2.45) is 0 Å². The molecule has 0 fully saturated rings. The fourth-order valence-corrected chi connectivity index (χ4v) is 3.91. The van der Waals surface area contributed by atoms with Crippen LogP contribution in [-0.4, -0.2) is 56.8 Å². The molecule has 0 aliphatic rings. The van der Waals surface area contributed by atoms with Gasteiger partial charge >= 0.3 is 0 Å². The molecule has 9 heteroatoms. The molecular weight excluding hydrogens is 418 g/mol.